The van der Waals surface area contributed by atoms with E-state index in [2.05, 4.69) is 21.1 Å². The highest BCUT2D eigenvalue weighted by molar-refractivity contribution is 9.10. The number of methoxy groups -OCH3 is 1. The minimum Gasteiger partial charge on any atom is -0.497 e. The molecule has 1 aromatic carbocycles. The Morgan fingerprint density at radius 1 is 1.56 bits per heavy atom. The Morgan fingerprint density at radius 2 is 2.25 bits per heavy atom. The van der Waals surface area contributed by atoms with Gasteiger partial charge in [0, 0.05) is 0 Å². The summed E-state index contributed by atoms with van der Waals surface area (Å²) < 4.78 is 11.3. The van der Waals surface area contributed by atoms with Crippen molar-refractivity contribution in [2.45, 2.75) is 13.0 Å². The van der Waals surface area contributed by atoms with Crippen molar-refractivity contribution in [3.63, 3.8) is 0 Å². The molecule has 88 valence electrons. The van der Waals surface area contributed by atoms with Gasteiger partial charge in [0.15, 0.2) is 11.9 Å². The SMILES string of the molecule is COc1ccc(OC(C)/C(N)=N/O)c(Br)c1. The van der Waals surface area contributed by atoms with Crippen molar-refractivity contribution in [1.29, 1.82) is 0 Å². The molecule has 1 unspecified atom stereocenters. The predicted octanol–water partition coefficient (Wildman–Crippen LogP) is 1.97. The van der Waals surface area contributed by atoms with Crippen molar-refractivity contribution in [3.8, 4) is 11.5 Å². The second-order valence-corrected chi connectivity index (χ2v) is 3.94. The summed E-state index contributed by atoms with van der Waals surface area (Å²) in [5, 5.41) is 11.4. The maximum absolute atomic E-state index is 8.49. The lowest BCUT2D eigenvalue weighted by atomic mass is 10.3. The number of halogens is 1. The smallest absolute Gasteiger partial charge is 0.180 e. The Hall–Kier alpha value is -1.43. The lowest BCUT2D eigenvalue weighted by molar-refractivity contribution is 0.264. The zero-order chi connectivity index (χ0) is 12.1. The fourth-order valence-electron chi connectivity index (χ4n) is 1.04. The summed E-state index contributed by atoms with van der Waals surface area (Å²) in [6.45, 7) is 1.69. The Morgan fingerprint density at radius 3 is 2.75 bits per heavy atom. The first-order valence-electron chi connectivity index (χ1n) is 4.56. The molecule has 16 heavy (non-hydrogen) atoms. The molecule has 0 spiro atoms. The molecular weight excluding hydrogens is 276 g/mol. The Bertz CT molecular complexity index is 396. The summed E-state index contributed by atoms with van der Waals surface area (Å²) in [4.78, 5) is 0. The number of nitrogens with zero attached hydrogens (tertiary/aromatic N) is 1. The van der Waals surface area contributed by atoms with Gasteiger partial charge in [0.1, 0.15) is 11.5 Å². The van der Waals surface area contributed by atoms with E-state index in [4.69, 9.17) is 20.4 Å². The molecule has 5 nitrogen and oxygen atoms in total. The van der Waals surface area contributed by atoms with Crippen LogP contribution in [0.4, 0.5) is 0 Å². The van der Waals surface area contributed by atoms with Crippen LogP contribution in [0.25, 0.3) is 0 Å². The van der Waals surface area contributed by atoms with Crippen LogP contribution in [0.1, 0.15) is 6.92 Å². The average Bonchev–Trinajstić information content (AvgIpc) is 2.30. The van der Waals surface area contributed by atoms with Crippen molar-refractivity contribution < 1.29 is 14.7 Å². The molecule has 0 aliphatic carbocycles. The van der Waals surface area contributed by atoms with Gasteiger partial charge >= 0.3 is 0 Å². The van der Waals surface area contributed by atoms with Crippen molar-refractivity contribution >= 4 is 21.8 Å². The molecule has 0 saturated heterocycles. The van der Waals surface area contributed by atoms with Crippen LogP contribution >= 0.6 is 15.9 Å². The first-order chi connectivity index (χ1) is 7.58. The second-order valence-electron chi connectivity index (χ2n) is 3.08. The number of nitrogens with two attached hydrogens (primary N) is 1. The van der Waals surface area contributed by atoms with Crippen molar-refractivity contribution in [3.05, 3.63) is 22.7 Å². The van der Waals surface area contributed by atoms with E-state index < -0.39 is 6.10 Å². The van der Waals surface area contributed by atoms with Crippen LogP contribution in [-0.2, 0) is 0 Å². The number of hydrogen-bond acceptors (Lipinski definition) is 4. The zero-order valence-corrected chi connectivity index (χ0v) is 10.6. The van der Waals surface area contributed by atoms with Crippen LogP contribution in [0, 0.1) is 0 Å². The summed E-state index contributed by atoms with van der Waals surface area (Å²) in [6, 6.07) is 5.28. The van der Waals surface area contributed by atoms with E-state index in [-0.39, 0.29) is 5.84 Å². The van der Waals surface area contributed by atoms with Crippen molar-refractivity contribution in [1.82, 2.24) is 0 Å². The van der Waals surface area contributed by atoms with Gasteiger partial charge in [0.2, 0.25) is 0 Å². The molecule has 0 fully saturated rings. The molecule has 0 radical (unpaired) electrons. The molecule has 3 N–H and O–H groups in total. The molecule has 0 saturated carbocycles. The molecule has 1 aromatic rings. The van der Waals surface area contributed by atoms with Crippen LogP contribution in [0.2, 0.25) is 0 Å². The van der Waals surface area contributed by atoms with E-state index in [9.17, 15) is 0 Å². The molecule has 0 aliphatic rings. The fraction of sp³-hybridized carbons (Fsp3) is 0.300. The molecule has 0 amide bonds. The fourth-order valence-corrected chi connectivity index (χ4v) is 1.49. The van der Waals surface area contributed by atoms with E-state index in [1.54, 1.807) is 32.2 Å². The largest absolute Gasteiger partial charge is 0.497 e. The number of oxime groups is 1. The molecule has 1 rings (SSSR count). The van der Waals surface area contributed by atoms with E-state index in [1.165, 1.54) is 0 Å². The van der Waals surface area contributed by atoms with Gasteiger partial charge < -0.3 is 20.4 Å². The van der Waals surface area contributed by atoms with Crippen molar-refractivity contribution in [2.75, 3.05) is 7.11 Å². The maximum atomic E-state index is 8.49. The highest BCUT2D eigenvalue weighted by Gasteiger charge is 2.11. The number of ether oxygens (including phenoxy) is 2. The maximum Gasteiger partial charge on any atom is 0.180 e. The van der Waals surface area contributed by atoms with Gasteiger partial charge in [0.25, 0.3) is 0 Å². The lowest BCUT2D eigenvalue weighted by Crippen LogP contribution is -2.31. The Labute approximate surface area is 102 Å². The number of amidine groups is 1. The van der Waals surface area contributed by atoms with Crippen LogP contribution < -0.4 is 15.2 Å². The summed E-state index contributed by atoms with van der Waals surface area (Å²) in [6.07, 6.45) is -0.505. The summed E-state index contributed by atoms with van der Waals surface area (Å²) in [5.74, 6) is 1.33. The average molecular weight is 289 g/mol. The normalized spacial score (nSPS) is 13.3. The highest BCUT2D eigenvalue weighted by atomic mass is 79.9. The van der Waals surface area contributed by atoms with Crippen LogP contribution in [0.15, 0.2) is 27.8 Å². The quantitative estimate of drug-likeness (QED) is 0.384. The first-order valence-corrected chi connectivity index (χ1v) is 5.35. The van der Waals surface area contributed by atoms with Crippen LogP contribution in [0.5, 0.6) is 11.5 Å². The van der Waals surface area contributed by atoms with E-state index in [1.807, 2.05) is 0 Å². The van der Waals surface area contributed by atoms with E-state index in [0.29, 0.717) is 5.75 Å². The highest BCUT2D eigenvalue weighted by Crippen LogP contribution is 2.29. The lowest BCUT2D eigenvalue weighted by Gasteiger charge is -2.14. The third-order valence-electron chi connectivity index (χ3n) is 1.97. The minimum atomic E-state index is -0.505. The Balaban J connectivity index is 2.82. The van der Waals surface area contributed by atoms with Gasteiger partial charge in [-0.2, -0.15) is 0 Å². The van der Waals surface area contributed by atoms with Gasteiger partial charge in [0.05, 0.1) is 11.6 Å². The number of rotatable bonds is 4. The summed E-state index contributed by atoms with van der Waals surface area (Å²) in [7, 11) is 1.58. The number of hydrogen-bond donors (Lipinski definition) is 2. The monoisotopic (exact) mass is 288 g/mol. The topological polar surface area (TPSA) is 77.1 Å². The standard InChI is InChI=1S/C10H13BrN2O3/c1-6(10(12)13-14)16-9-4-3-7(15-2)5-8(9)11/h3-6,14H,1-2H3,(H2,12,13). The van der Waals surface area contributed by atoms with Gasteiger partial charge in [-0.15, -0.1) is 0 Å². The minimum absolute atomic E-state index is 0.0164. The second kappa shape index (κ2) is 5.60. The molecular formula is C10H13BrN2O3. The predicted molar refractivity (Wildman–Crippen MR) is 64.2 cm³/mol. The number of benzene rings is 1. The van der Waals surface area contributed by atoms with E-state index >= 15 is 0 Å². The third-order valence-corrected chi connectivity index (χ3v) is 2.59. The third kappa shape index (κ3) is 3.03. The van der Waals surface area contributed by atoms with Crippen LogP contribution in [0.3, 0.4) is 0 Å². The van der Waals surface area contributed by atoms with Gasteiger partial charge in [-0.1, -0.05) is 5.16 Å². The van der Waals surface area contributed by atoms with E-state index in [0.717, 1.165) is 10.2 Å². The summed E-state index contributed by atoms with van der Waals surface area (Å²) in [5.41, 5.74) is 5.41. The van der Waals surface area contributed by atoms with Crippen molar-refractivity contribution in [2.24, 2.45) is 10.9 Å². The molecule has 0 aliphatic heterocycles. The molecule has 0 heterocycles. The van der Waals surface area contributed by atoms with Gasteiger partial charge in [-0.05, 0) is 41.1 Å². The molecule has 1 atom stereocenters. The zero-order valence-electron chi connectivity index (χ0n) is 8.98. The van der Waals surface area contributed by atoms with Crippen LogP contribution in [-0.4, -0.2) is 24.3 Å². The molecule has 6 heteroatoms. The molecule has 0 aromatic heterocycles. The summed E-state index contributed by atoms with van der Waals surface area (Å²) >= 11 is 3.34. The Kier molecular flexibility index (Phi) is 4.42. The molecule has 0 bridgehead atoms. The first kappa shape index (κ1) is 12.6. The van der Waals surface area contributed by atoms with Gasteiger partial charge in [-0.25, -0.2) is 0 Å². The van der Waals surface area contributed by atoms with Gasteiger partial charge in [-0.3, -0.25) is 0 Å².